The lowest BCUT2D eigenvalue weighted by molar-refractivity contribution is 0.881. The van der Waals surface area contributed by atoms with E-state index in [1.165, 1.54) is 0 Å². The molecule has 0 unspecified atom stereocenters. The van der Waals surface area contributed by atoms with Crippen LogP contribution in [0.25, 0.3) is 22.6 Å². The van der Waals surface area contributed by atoms with Crippen LogP contribution in [-0.4, -0.2) is 19.2 Å². The van der Waals surface area contributed by atoms with Crippen LogP contribution < -0.4 is 0 Å². The number of hydrogen-bond donors (Lipinski definition) is 0. The summed E-state index contributed by atoms with van der Waals surface area (Å²) in [5.74, 6) is 0. The third kappa shape index (κ3) is 2.25. The minimum absolute atomic E-state index is 0.912. The van der Waals surface area contributed by atoms with Crippen LogP contribution in [-0.2, 0) is 0 Å². The molecule has 0 radical (unpaired) electrons. The van der Waals surface area contributed by atoms with Gasteiger partial charge in [-0.2, -0.15) is 5.10 Å². The molecule has 3 heterocycles. The molecule has 1 aromatic carbocycles. The fourth-order valence-electron chi connectivity index (χ4n) is 2.28. The minimum atomic E-state index is 0.912. The van der Waals surface area contributed by atoms with Crippen LogP contribution in [0.2, 0.25) is 0 Å². The maximum Gasteiger partial charge on any atom is 0.137 e. The summed E-state index contributed by atoms with van der Waals surface area (Å²) in [4.78, 5) is 4.62. The van der Waals surface area contributed by atoms with Crippen LogP contribution >= 0.6 is 15.9 Å². The SMILES string of the molecule is Brc1ccc2nc(-c3cnn(-c4ccccc4)c3)cn2c1. The molecule has 0 aliphatic heterocycles. The Hall–Kier alpha value is -2.40. The number of fused-ring (bicyclic) bond motifs is 1. The summed E-state index contributed by atoms with van der Waals surface area (Å²) in [5, 5.41) is 4.41. The van der Waals surface area contributed by atoms with Gasteiger partial charge in [-0.3, -0.25) is 0 Å². The van der Waals surface area contributed by atoms with Crippen LogP contribution in [0.5, 0.6) is 0 Å². The summed E-state index contributed by atoms with van der Waals surface area (Å²) in [6.07, 6.45) is 7.83. The molecule has 0 fully saturated rings. The first-order valence-corrected chi connectivity index (χ1v) is 7.34. The van der Waals surface area contributed by atoms with Gasteiger partial charge in [0, 0.05) is 28.6 Å². The van der Waals surface area contributed by atoms with Gasteiger partial charge in [0.2, 0.25) is 0 Å². The number of aromatic nitrogens is 4. The summed E-state index contributed by atoms with van der Waals surface area (Å²) < 4.78 is 4.88. The van der Waals surface area contributed by atoms with E-state index in [0.29, 0.717) is 0 Å². The molecule has 5 heteroatoms. The van der Waals surface area contributed by atoms with Crippen molar-refractivity contribution in [2.45, 2.75) is 0 Å². The number of nitrogens with zero attached hydrogens (tertiary/aromatic N) is 4. The van der Waals surface area contributed by atoms with Crippen molar-refractivity contribution in [3.8, 4) is 16.9 Å². The van der Waals surface area contributed by atoms with Crippen molar-refractivity contribution in [2.24, 2.45) is 0 Å². The van der Waals surface area contributed by atoms with E-state index in [9.17, 15) is 0 Å². The first-order chi connectivity index (χ1) is 10.3. The van der Waals surface area contributed by atoms with E-state index in [4.69, 9.17) is 0 Å². The molecule has 0 N–H and O–H groups in total. The fourth-order valence-corrected chi connectivity index (χ4v) is 2.63. The van der Waals surface area contributed by atoms with E-state index >= 15 is 0 Å². The quantitative estimate of drug-likeness (QED) is 0.554. The molecule has 102 valence electrons. The molecule has 0 atom stereocenters. The van der Waals surface area contributed by atoms with Gasteiger partial charge in [-0.1, -0.05) is 18.2 Å². The van der Waals surface area contributed by atoms with E-state index in [1.807, 2.05) is 76.3 Å². The minimum Gasteiger partial charge on any atom is -0.305 e. The van der Waals surface area contributed by atoms with Gasteiger partial charge in [0.1, 0.15) is 5.65 Å². The predicted molar refractivity (Wildman–Crippen MR) is 85.5 cm³/mol. The molecule has 0 aliphatic rings. The number of benzene rings is 1. The summed E-state index contributed by atoms with van der Waals surface area (Å²) in [6.45, 7) is 0. The van der Waals surface area contributed by atoms with Crippen molar-refractivity contribution in [3.05, 3.63) is 71.7 Å². The molecular weight excluding hydrogens is 328 g/mol. The van der Waals surface area contributed by atoms with E-state index in [0.717, 1.165) is 27.1 Å². The zero-order chi connectivity index (χ0) is 14.2. The second kappa shape index (κ2) is 4.86. The zero-order valence-corrected chi connectivity index (χ0v) is 12.6. The molecule has 0 aliphatic carbocycles. The average Bonchev–Trinajstić information content (AvgIpc) is 3.14. The van der Waals surface area contributed by atoms with Gasteiger partial charge in [0.05, 0.1) is 17.6 Å². The molecule has 4 nitrogen and oxygen atoms in total. The molecule has 0 spiro atoms. The summed E-state index contributed by atoms with van der Waals surface area (Å²) >= 11 is 3.47. The largest absolute Gasteiger partial charge is 0.305 e. The first kappa shape index (κ1) is 12.3. The van der Waals surface area contributed by atoms with Crippen LogP contribution in [0.15, 0.2) is 71.7 Å². The third-order valence-corrected chi connectivity index (χ3v) is 3.78. The van der Waals surface area contributed by atoms with Crippen molar-refractivity contribution >= 4 is 21.6 Å². The summed E-state index contributed by atoms with van der Waals surface area (Å²) in [7, 11) is 0. The van der Waals surface area contributed by atoms with E-state index in [-0.39, 0.29) is 0 Å². The number of hydrogen-bond acceptors (Lipinski definition) is 2. The maximum atomic E-state index is 4.62. The second-order valence-electron chi connectivity index (χ2n) is 4.75. The predicted octanol–water partition coefficient (Wildman–Crippen LogP) is 3.95. The number of halogens is 1. The Balaban J connectivity index is 1.77. The standard InChI is InChI=1S/C16H11BrN4/c17-13-6-7-16-19-15(11-20(16)10-13)12-8-18-21(9-12)14-4-2-1-3-5-14/h1-11H. The number of rotatable bonds is 2. The third-order valence-electron chi connectivity index (χ3n) is 3.31. The Labute approximate surface area is 129 Å². The van der Waals surface area contributed by atoms with Gasteiger partial charge >= 0.3 is 0 Å². The molecule has 3 aromatic heterocycles. The average molecular weight is 339 g/mol. The van der Waals surface area contributed by atoms with E-state index in [1.54, 1.807) is 0 Å². The highest BCUT2D eigenvalue weighted by Gasteiger charge is 2.07. The zero-order valence-electron chi connectivity index (χ0n) is 11.0. The molecule has 0 saturated heterocycles. The lowest BCUT2D eigenvalue weighted by atomic mass is 10.3. The van der Waals surface area contributed by atoms with E-state index in [2.05, 4.69) is 26.0 Å². The van der Waals surface area contributed by atoms with Gasteiger partial charge in [-0.05, 0) is 40.2 Å². The van der Waals surface area contributed by atoms with Crippen molar-refractivity contribution in [2.75, 3.05) is 0 Å². The van der Waals surface area contributed by atoms with Gasteiger partial charge in [-0.15, -0.1) is 0 Å². The highest BCUT2D eigenvalue weighted by atomic mass is 79.9. The highest BCUT2D eigenvalue weighted by molar-refractivity contribution is 9.10. The fraction of sp³-hybridized carbons (Fsp3) is 0. The van der Waals surface area contributed by atoms with Crippen molar-refractivity contribution in [1.82, 2.24) is 19.2 Å². The lowest BCUT2D eigenvalue weighted by Gasteiger charge is -1.98. The Kier molecular flexibility index (Phi) is 2.86. The summed E-state index contributed by atoms with van der Waals surface area (Å²) in [6, 6.07) is 14.0. The first-order valence-electron chi connectivity index (χ1n) is 6.54. The van der Waals surface area contributed by atoms with Crippen molar-refractivity contribution < 1.29 is 0 Å². The molecule has 4 rings (SSSR count). The molecule has 0 saturated carbocycles. The number of pyridine rings is 1. The van der Waals surface area contributed by atoms with Gasteiger partial charge < -0.3 is 4.40 Å². The van der Waals surface area contributed by atoms with E-state index < -0.39 is 0 Å². The molecule has 0 amide bonds. The van der Waals surface area contributed by atoms with Crippen LogP contribution in [0.4, 0.5) is 0 Å². The van der Waals surface area contributed by atoms with Gasteiger partial charge in [0.25, 0.3) is 0 Å². The van der Waals surface area contributed by atoms with Gasteiger partial charge in [0.15, 0.2) is 0 Å². The molecule has 0 bridgehead atoms. The van der Waals surface area contributed by atoms with Crippen molar-refractivity contribution in [3.63, 3.8) is 0 Å². The Morgan fingerprint density at radius 3 is 2.62 bits per heavy atom. The van der Waals surface area contributed by atoms with Crippen LogP contribution in [0.1, 0.15) is 0 Å². The van der Waals surface area contributed by atoms with Crippen LogP contribution in [0.3, 0.4) is 0 Å². The maximum absolute atomic E-state index is 4.62. The number of imidazole rings is 1. The smallest absolute Gasteiger partial charge is 0.137 e. The Bertz CT molecular complexity index is 908. The Morgan fingerprint density at radius 1 is 0.905 bits per heavy atom. The van der Waals surface area contributed by atoms with Gasteiger partial charge in [-0.25, -0.2) is 9.67 Å². The number of para-hydroxylation sites is 1. The van der Waals surface area contributed by atoms with Crippen LogP contribution in [0, 0.1) is 0 Å². The normalized spacial score (nSPS) is 11.1. The highest BCUT2D eigenvalue weighted by Crippen LogP contribution is 2.21. The monoisotopic (exact) mass is 338 g/mol. The molecule has 21 heavy (non-hydrogen) atoms. The second-order valence-corrected chi connectivity index (χ2v) is 5.66. The summed E-state index contributed by atoms with van der Waals surface area (Å²) in [5.41, 5.74) is 3.87. The molecular formula is C16H11BrN4. The lowest BCUT2D eigenvalue weighted by Crippen LogP contribution is -1.92. The van der Waals surface area contributed by atoms with Crippen molar-refractivity contribution in [1.29, 1.82) is 0 Å². The topological polar surface area (TPSA) is 35.1 Å². The Morgan fingerprint density at radius 2 is 1.76 bits per heavy atom. The molecule has 4 aromatic rings.